The largest absolute Gasteiger partial charge is 0.480 e. The van der Waals surface area contributed by atoms with Gasteiger partial charge in [-0.3, -0.25) is 14.5 Å². The number of rotatable bonds is 7. The summed E-state index contributed by atoms with van der Waals surface area (Å²) in [5.74, 6) is -4.25. The van der Waals surface area contributed by atoms with Crippen molar-refractivity contribution in [2.75, 3.05) is 0 Å². The Morgan fingerprint density at radius 1 is 1.11 bits per heavy atom. The van der Waals surface area contributed by atoms with E-state index in [1.807, 2.05) is 12.1 Å². The number of carboxylic acid groups (broad SMARTS) is 1. The molecule has 2 N–H and O–H groups in total. The van der Waals surface area contributed by atoms with Gasteiger partial charge in [0.1, 0.15) is 17.5 Å². The number of hydrogen-bond acceptors (Lipinski definition) is 7. The Labute approximate surface area is 212 Å². The lowest BCUT2D eigenvalue weighted by Crippen LogP contribution is -2.71. The van der Waals surface area contributed by atoms with Gasteiger partial charge in [0.2, 0.25) is 11.8 Å². The van der Waals surface area contributed by atoms with Crippen molar-refractivity contribution in [2.45, 2.75) is 61.2 Å². The summed E-state index contributed by atoms with van der Waals surface area (Å²) >= 11 is 1.31. The summed E-state index contributed by atoms with van der Waals surface area (Å²) in [7, 11) is 0. The molecule has 0 saturated carbocycles. The molecule has 1 aliphatic carbocycles. The number of hydrogen-bond donors (Lipinski definition) is 2. The summed E-state index contributed by atoms with van der Waals surface area (Å²) in [6.45, 7) is 3.50. The fraction of sp³-hybridized carbons (Fsp3) is 0.385. The third-order valence-corrected chi connectivity index (χ3v) is 8.47. The summed E-state index contributed by atoms with van der Waals surface area (Å²) in [5, 5.41) is 11.7. The van der Waals surface area contributed by atoms with Crippen molar-refractivity contribution in [1.82, 2.24) is 10.2 Å². The van der Waals surface area contributed by atoms with E-state index in [4.69, 9.17) is 9.78 Å². The van der Waals surface area contributed by atoms with Crippen molar-refractivity contribution in [1.29, 1.82) is 0 Å². The van der Waals surface area contributed by atoms with Crippen LogP contribution < -0.4 is 10.2 Å². The van der Waals surface area contributed by atoms with E-state index in [2.05, 4.69) is 5.32 Å². The first-order valence-electron chi connectivity index (χ1n) is 11.8. The van der Waals surface area contributed by atoms with Gasteiger partial charge >= 0.3 is 11.9 Å². The fourth-order valence-electron chi connectivity index (χ4n) is 5.16. The van der Waals surface area contributed by atoms with Crippen LogP contribution in [0.5, 0.6) is 5.75 Å². The van der Waals surface area contributed by atoms with Gasteiger partial charge < -0.3 is 15.3 Å². The minimum absolute atomic E-state index is 0.366. The van der Waals surface area contributed by atoms with E-state index in [1.165, 1.54) is 22.2 Å². The zero-order valence-electron chi connectivity index (χ0n) is 19.8. The number of aliphatic carboxylic acids is 1. The lowest BCUT2D eigenvalue weighted by atomic mass is 9.94. The van der Waals surface area contributed by atoms with Gasteiger partial charge in [-0.25, -0.2) is 14.5 Å². The number of fused-ring (bicyclic) bond motifs is 2. The van der Waals surface area contributed by atoms with Gasteiger partial charge in [-0.05, 0) is 61.9 Å². The molecule has 10 heteroatoms. The van der Waals surface area contributed by atoms with Crippen molar-refractivity contribution >= 4 is 35.5 Å². The third-order valence-electron chi connectivity index (χ3n) is 6.89. The van der Waals surface area contributed by atoms with Crippen molar-refractivity contribution in [3.63, 3.8) is 0 Å². The standard InChI is InChI=1S/C26H26N2O7S/c1-26(2)20(24(31)32)28-22(30)19(23(28)36-26)27-21(29)18(15-7-4-3-5-8-15)25(33)35-34-17-12-11-14-9-6-10-16(14)13-17/h3-5,7-8,11-13,18-20,23H,6,9-10H2,1-2H3,(H,27,29)(H,31,32)/t18?,19?,20?,23-/m0/s1. The Balaban J connectivity index is 1.30. The monoisotopic (exact) mass is 510 g/mol. The highest BCUT2D eigenvalue weighted by atomic mass is 32.2. The minimum atomic E-state index is -1.38. The maximum absolute atomic E-state index is 13.3. The maximum atomic E-state index is 13.3. The number of amides is 2. The van der Waals surface area contributed by atoms with Crippen molar-refractivity contribution in [2.24, 2.45) is 0 Å². The van der Waals surface area contributed by atoms with Crippen LogP contribution >= 0.6 is 11.8 Å². The Morgan fingerprint density at radius 3 is 2.56 bits per heavy atom. The molecule has 2 heterocycles. The molecule has 2 aliphatic heterocycles. The molecule has 0 bridgehead atoms. The highest BCUT2D eigenvalue weighted by Gasteiger charge is 2.64. The first-order chi connectivity index (χ1) is 17.2. The predicted molar refractivity (Wildman–Crippen MR) is 130 cm³/mol. The van der Waals surface area contributed by atoms with E-state index in [0.717, 1.165) is 24.8 Å². The van der Waals surface area contributed by atoms with Crippen LogP contribution in [-0.2, 0) is 36.9 Å². The Morgan fingerprint density at radius 2 is 1.83 bits per heavy atom. The lowest BCUT2D eigenvalue weighted by Gasteiger charge is -2.43. The first-order valence-corrected chi connectivity index (χ1v) is 12.6. The summed E-state index contributed by atoms with van der Waals surface area (Å²) < 4.78 is -0.729. The maximum Gasteiger partial charge on any atom is 0.372 e. The second-order valence-electron chi connectivity index (χ2n) is 9.70. The van der Waals surface area contributed by atoms with Crippen LogP contribution in [0.15, 0.2) is 48.5 Å². The number of carbonyl (C=O) groups is 4. The van der Waals surface area contributed by atoms with Crippen LogP contribution in [0.25, 0.3) is 0 Å². The van der Waals surface area contributed by atoms with E-state index >= 15 is 0 Å². The van der Waals surface area contributed by atoms with Gasteiger partial charge in [0.05, 0.1) is 0 Å². The van der Waals surface area contributed by atoms with Crippen LogP contribution in [0.4, 0.5) is 0 Å². The SMILES string of the molecule is CC1(C)S[C@H]2C(NC(=O)C(C(=O)OOc3ccc4c(c3)CCC4)c3ccccc3)C(=O)N2C1C(=O)O. The topological polar surface area (TPSA) is 122 Å². The number of β-lactam (4-membered cyclic amide) rings is 1. The number of carbonyl (C=O) groups excluding carboxylic acids is 3. The smallest absolute Gasteiger partial charge is 0.372 e. The number of thioether (sulfide) groups is 1. The van der Waals surface area contributed by atoms with Crippen molar-refractivity contribution in [3.8, 4) is 5.75 Å². The molecule has 0 aromatic heterocycles. The second-order valence-corrected chi connectivity index (χ2v) is 11.5. The van der Waals surface area contributed by atoms with Crippen LogP contribution in [0.3, 0.4) is 0 Å². The molecular formula is C26H26N2O7S. The fourth-order valence-corrected chi connectivity index (χ4v) is 6.78. The zero-order valence-corrected chi connectivity index (χ0v) is 20.6. The predicted octanol–water partition coefficient (Wildman–Crippen LogP) is 2.43. The third kappa shape index (κ3) is 4.19. The highest BCUT2D eigenvalue weighted by molar-refractivity contribution is 8.01. The Bertz CT molecular complexity index is 1230. The summed E-state index contributed by atoms with van der Waals surface area (Å²) in [4.78, 5) is 62.5. The molecule has 2 aromatic carbocycles. The highest BCUT2D eigenvalue weighted by Crippen LogP contribution is 2.50. The molecular weight excluding hydrogens is 484 g/mol. The van der Waals surface area contributed by atoms with E-state index in [-0.39, 0.29) is 0 Å². The quantitative estimate of drug-likeness (QED) is 0.252. The second kappa shape index (κ2) is 9.16. The number of aryl methyl sites for hydroxylation is 2. The molecule has 2 saturated heterocycles. The van der Waals surface area contributed by atoms with Gasteiger partial charge in [-0.1, -0.05) is 36.4 Å². The minimum Gasteiger partial charge on any atom is -0.480 e. The molecule has 4 atom stereocenters. The molecule has 36 heavy (non-hydrogen) atoms. The summed E-state index contributed by atoms with van der Waals surface area (Å²) in [5.41, 5.74) is 2.77. The molecule has 3 aliphatic rings. The molecule has 3 unspecified atom stereocenters. The first kappa shape index (κ1) is 24.2. The zero-order chi connectivity index (χ0) is 25.6. The number of nitrogens with one attached hydrogen (secondary N) is 1. The van der Waals surface area contributed by atoms with Gasteiger partial charge in [0.25, 0.3) is 0 Å². The van der Waals surface area contributed by atoms with Gasteiger partial charge in [0, 0.05) is 4.75 Å². The molecule has 2 aromatic rings. The number of nitrogens with zero attached hydrogens (tertiary/aromatic N) is 1. The summed E-state index contributed by atoms with van der Waals surface area (Å²) in [6.07, 6.45) is 3.00. The normalized spacial score (nSPS) is 24.2. The molecule has 188 valence electrons. The van der Waals surface area contributed by atoms with E-state index in [9.17, 15) is 24.3 Å². The molecule has 2 amide bonds. The average molecular weight is 511 g/mol. The molecule has 0 spiro atoms. The van der Waals surface area contributed by atoms with Gasteiger partial charge in [0.15, 0.2) is 11.7 Å². The number of carboxylic acids is 1. The van der Waals surface area contributed by atoms with Crippen LogP contribution in [0.2, 0.25) is 0 Å². The lowest BCUT2D eigenvalue weighted by molar-refractivity contribution is -0.215. The van der Waals surface area contributed by atoms with Crippen molar-refractivity contribution in [3.05, 3.63) is 65.2 Å². The Hall–Kier alpha value is -3.53. The van der Waals surface area contributed by atoms with Gasteiger partial charge in [-0.15, -0.1) is 11.8 Å². The van der Waals surface area contributed by atoms with Crippen LogP contribution in [-0.4, -0.2) is 56.0 Å². The Kier molecular flexibility index (Phi) is 6.15. The average Bonchev–Trinajstić information content (AvgIpc) is 3.41. The number of benzene rings is 2. The van der Waals surface area contributed by atoms with E-state index < -0.39 is 51.9 Å². The summed E-state index contributed by atoms with van der Waals surface area (Å²) in [6, 6.07) is 11.9. The molecule has 0 radical (unpaired) electrons. The van der Waals surface area contributed by atoms with Crippen molar-refractivity contribution < 1.29 is 34.1 Å². The van der Waals surface area contributed by atoms with Crippen LogP contribution in [0, 0.1) is 0 Å². The van der Waals surface area contributed by atoms with E-state index in [0.29, 0.717) is 11.3 Å². The molecule has 2 fully saturated rings. The van der Waals surface area contributed by atoms with E-state index in [1.54, 1.807) is 50.2 Å². The van der Waals surface area contributed by atoms with Gasteiger partial charge in [-0.2, -0.15) is 0 Å². The molecule has 5 rings (SSSR count). The molecule has 9 nitrogen and oxygen atoms in total. The van der Waals surface area contributed by atoms with Crippen LogP contribution in [0.1, 0.15) is 42.9 Å².